The molecule has 1 atom stereocenters. The molecular weight excluding hydrogens is 292 g/mol. The van der Waals surface area contributed by atoms with E-state index in [1.165, 1.54) is 5.56 Å². The topological polar surface area (TPSA) is 60.9 Å². The SMILES string of the molecule is CN(CCc1ccccc1)C(=O)N1CC(CC(=O)O)C(C)(C)C1. The fourth-order valence-electron chi connectivity index (χ4n) is 3.17. The monoisotopic (exact) mass is 318 g/mol. The van der Waals surface area contributed by atoms with Gasteiger partial charge in [0.2, 0.25) is 0 Å². The van der Waals surface area contributed by atoms with E-state index < -0.39 is 5.97 Å². The molecule has 23 heavy (non-hydrogen) atoms. The number of nitrogens with zero attached hydrogens (tertiary/aromatic N) is 2. The van der Waals surface area contributed by atoms with Gasteiger partial charge in [0.25, 0.3) is 0 Å². The van der Waals surface area contributed by atoms with Gasteiger partial charge in [0.15, 0.2) is 0 Å². The van der Waals surface area contributed by atoms with Gasteiger partial charge >= 0.3 is 12.0 Å². The van der Waals surface area contributed by atoms with Crippen molar-refractivity contribution < 1.29 is 14.7 Å². The molecule has 0 aliphatic carbocycles. The minimum absolute atomic E-state index is 0.00599. The van der Waals surface area contributed by atoms with Crippen molar-refractivity contribution in [2.24, 2.45) is 11.3 Å². The molecule has 2 amide bonds. The van der Waals surface area contributed by atoms with Crippen molar-refractivity contribution in [3.63, 3.8) is 0 Å². The van der Waals surface area contributed by atoms with Crippen LogP contribution in [0.25, 0.3) is 0 Å². The van der Waals surface area contributed by atoms with Crippen molar-refractivity contribution in [2.45, 2.75) is 26.7 Å². The Bertz CT molecular complexity index is 557. The van der Waals surface area contributed by atoms with Crippen LogP contribution in [-0.4, -0.2) is 53.6 Å². The molecule has 0 aromatic heterocycles. The van der Waals surface area contributed by atoms with Gasteiger partial charge in [-0.3, -0.25) is 4.79 Å². The average Bonchev–Trinajstić information content (AvgIpc) is 2.79. The summed E-state index contributed by atoms with van der Waals surface area (Å²) in [6.45, 7) is 5.87. The highest BCUT2D eigenvalue weighted by Crippen LogP contribution is 2.37. The summed E-state index contributed by atoms with van der Waals surface area (Å²) in [5.74, 6) is -0.790. The van der Waals surface area contributed by atoms with E-state index in [-0.39, 0.29) is 23.8 Å². The van der Waals surface area contributed by atoms with E-state index in [0.29, 0.717) is 19.6 Å². The Hall–Kier alpha value is -2.04. The van der Waals surface area contributed by atoms with Crippen LogP contribution >= 0.6 is 0 Å². The molecule has 1 fully saturated rings. The highest BCUT2D eigenvalue weighted by molar-refractivity contribution is 5.75. The summed E-state index contributed by atoms with van der Waals surface area (Å²) < 4.78 is 0. The van der Waals surface area contributed by atoms with Gasteiger partial charge in [0.1, 0.15) is 0 Å². The number of hydrogen-bond acceptors (Lipinski definition) is 2. The van der Waals surface area contributed by atoms with E-state index in [0.717, 1.165) is 6.42 Å². The zero-order valence-electron chi connectivity index (χ0n) is 14.2. The molecule has 1 aliphatic rings. The number of carbonyl (C=O) groups excluding carboxylic acids is 1. The van der Waals surface area contributed by atoms with Crippen LogP contribution in [0.3, 0.4) is 0 Å². The Kier molecular flexibility index (Phi) is 5.29. The molecule has 1 N–H and O–H groups in total. The number of carboxylic acid groups (broad SMARTS) is 1. The zero-order valence-corrected chi connectivity index (χ0v) is 14.2. The molecule has 1 aromatic rings. The Morgan fingerprint density at radius 3 is 2.57 bits per heavy atom. The lowest BCUT2D eigenvalue weighted by Crippen LogP contribution is -2.41. The largest absolute Gasteiger partial charge is 0.481 e. The van der Waals surface area contributed by atoms with Crippen molar-refractivity contribution in [2.75, 3.05) is 26.7 Å². The van der Waals surface area contributed by atoms with Crippen molar-refractivity contribution in [3.05, 3.63) is 35.9 Å². The fraction of sp³-hybridized carbons (Fsp3) is 0.556. The first-order chi connectivity index (χ1) is 10.8. The van der Waals surface area contributed by atoms with E-state index in [2.05, 4.69) is 12.1 Å². The number of amides is 2. The number of hydrogen-bond donors (Lipinski definition) is 1. The smallest absolute Gasteiger partial charge is 0.319 e. The summed E-state index contributed by atoms with van der Waals surface area (Å²) in [5.41, 5.74) is 1.05. The second-order valence-corrected chi connectivity index (χ2v) is 7.10. The van der Waals surface area contributed by atoms with Crippen LogP contribution in [-0.2, 0) is 11.2 Å². The third-order valence-electron chi connectivity index (χ3n) is 4.74. The Balaban J connectivity index is 1.91. The second-order valence-electron chi connectivity index (χ2n) is 7.10. The number of rotatable bonds is 5. The molecule has 2 rings (SSSR count). The number of benzene rings is 1. The second kappa shape index (κ2) is 7.02. The van der Waals surface area contributed by atoms with Gasteiger partial charge in [0, 0.05) is 26.7 Å². The molecule has 5 nitrogen and oxygen atoms in total. The Labute approximate surface area is 137 Å². The molecular formula is C18H26N2O3. The summed E-state index contributed by atoms with van der Waals surface area (Å²) in [6, 6.07) is 10.1. The number of urea groups is 1. The lowest BCUT2D eigenvalue weighted by atomic mass is 9.80. The lowest BCUT2D eigenvalue weighted by molar-refractivity contribution is -0.138. The third-order valence-corrected chi connectivity index (χ3v) is 4.74. The normalized spacial score (nSPS) is 19.6. The van der Waals surface area contributed by atoms with Gasteiger partial charge in [-0.25, -0.2) is 4.79 Å². The molecule has 1 aromatic carbocycles. The average molecular weight is 318 g/mol. The first-order valence-electron chi connectivity index (χ1n) is 8.05. The van der Waals surface area contributed by atoms with E-state index in [1.807, 2.05) is 39.1 Å². The van der Waals surface area contributed by atoms with Crippen LogP contribution in [0.4, 0.5) is 4.79 Å². The minimum Gasteiger partial charge on any atom is -0.481 e. The number of carboxylic acids is 1. The van der Waals surface area contributed by atoms with Gasteiger partial charge in [-0.15, -0.1) is 0 Å². The van der Waals surface area contributed by atoms with Crippen molar-refractivity contribution in [1.29, 1.82) is 0 Å². The Morgan fingerprint density at radius 1 is 1.30 bits per heavy atom. The van der Waals surface area contributed by atoms with Gasteiger partial charge < -0.3 is 14.9 Å². The number of likely N-dealkylation sites (N-methyl/N-ethyl adjacent to an activating group) is 1. The molecule has 5 heteroatoms. The third kappa shape index (κ3) is 4.47. The van der Waals surface area contributed by atoms with Gasteiger partial charge in [-0.1, -0.05) is 44.2 Å². The summed E-state index contributed by atoms with van der Waals surface area (Å²) in [6.07, 6.45) is 0.934. The van der Waals surface area contributed by atoms with Crippen LogP contribution in [0.1, 0.15) is 25.8 Å². The van der Waals surface area contributed by atoms with E-state index in [1.54, 1.807) is 9.80 Å². The molecule has 126 valence electrons. The number of likely N-dealkylation sites (tertiary alicyclic amines) is 1. The molecule has 1 heterocycles. The van der Waals surface area contributed by atoms with Crippen molar-refractivity contribution in [1.82, 2.24) is 9.80 Å². The summed E-state index contributed by atoms with van der Waals surface area (Å²) in [5, 5.41) is 9.04. The van der Waals surface area contributed by atoms with Crippen LogP contribution < -0.4 is 0 Å². The van der Waals surface area contributed by atoms with Gasteiger partial charge in [0.05, 0.1) is 6.42 Å². The van der Waals surface area contributed by atoms with Crippen LogP contribution in [0.5, 0.6) is 0 Å². The first kappa shape index (κ1) is 17.3. The standard InChI is InChI=1S/C18H26N2O3/c1-18(2)13-20(12-15(18)11-16(21)22)17(23)19(3)10-9-14-7-5-4-6-8-14/h4-8,15H,9-13H2,1-3H3,(H,21,22). The van der Waals surface area contributed by atoms with Gasteiger partial charge in [-0.2, -0.15) is 0 Å². The maximum absolute atomic E-state index is 12.6. The molecule has 0 bridgehead atoms. The molecule has 1 saturated heterocycles. The molecule has 0 radical (unpaired) electrons. The highest BCUT2D eigenvalue weighted by atomic mass is 16.4. The summed E-state index contributed by atoms with van der Waals surface area (Å²) in [4.78, 5) is 27.1. The maximum Gasteiger partial charge on any atom is 0.319 e. The summed E-state index contributed by atoms with van der Waals surface area (Å²) in [7, 11) is 1.81. The van der Waals surface area contributed by atoms with Crippen molar-refractivity contribution in [3.8, 4) is 0 Å². The van der Waals surface area contributed by atoms with Gasteiger partial charge in [-0.05, 0) is 23.3 Å². The number of carbonyl (C=O) groups is 2. The zero-order chi connectivity index (χ0) is 17.0. The van der Waals surface area contributed by atoms with Crippen LogP contribution in [0.2, 0.25) is 0 Å². The van der Waals surface area contributed by atoms with E-state index in [9.17, 15) is 9.59 Å². The highest BCUT2D eigenvalue weighted by Gasteiger charge is 2.42. The lowest BCUT2D eigenvalue weighted by Gasteiger charge is -2.26. The molecule has 1 aliphatic heterocycles. The summed E-state index contributed by atoms with van der Waals surface area (Å²) >= 11 is 0. The minimum atomic E-state index is -0.796. The molecule has 1 unspecified atom stereocenters. The number of aliphatic carboxylic acids is 1. The van der Waals surface area contributed by atoms with E-state index >= 15 is 0 Å². The first-order valence-corrected chi connectivity index (χ1v) is 8.05. The van der Waals surface area contributed by atoms with E-state index in [4.69, 9.17) is 5.11 Å². The van der Waals surface area contributed by atoms with Crippen LogP contribution in [0.15, 0.2) is 30.3 Å². The predicted octanol–water partition coefficient (Wildman–Crippen LogP) is 2.71. The molecule has 0 spiro atoms. The molecule has 0 saturated carbocycles. The van der Waals surface area contributed by atoms with Crippen LogP contribution in [0, 0.1) is 11.3 Å². The maximum atomic E-state index is 12.6. The predicted molar refractivity (Wildman–Crippen MR) is 89.3 cm³/mol. The van der Waals surface area contributed by atoms with Crippen molar-refractivity contribution >= 4 is 12.0 Å². The fourth-order valence-corrected chi connectivity index (χ4v) is 3.17. The quantitative estimate of drug-likeness (QED) is 0.908. The Morgan fingerprint density at radius 2 is 1.96 bits per heavy atom.